The second kappa shape index (κ2) is 6.22. The molecule has 116 valence electrons. The van der Waals surface area contributed by atoms with Crippen molar-refractivity contribution in [3.8, 4) is 0 Å². The molecule has 0 unspecified atom stereocenters. The Balaban J connectivity index is 2.68. The van der Waals surface area contributed by atoms with E-state index in [9.17, 15) is 15.0 Å². The first-order valence-electron chi connectivity index (χ1n) is 6.54. The number of rotatable bonds is 3. The SMILES string of the molecule is CC(C)(C)OC([O-])=NCC(=O)N1[C@H](CO)CSC1(C)C. The van der Waals surface area contributed by atoms with Crippen LogP contribution in [-0.2, 0) is 9.53 Å². The Labute approximate surface area is 124 Å². The molecule has 1 rings (SSSR count). The van der Waals surface area contributed by atoms with E-state index in [1.165, 1.54) is 0 Å². The third-order valence-corrected chi connectivity index (χ3v) is 4.25. The lowest BCUT2D eigenvalue weighted by molar-refractivity contribution is -0.260. The van der Waals surface area contributed by atoms with Crippen LogP contribution in [0.15, 0.2) is 4.99 Å². The van der Waals surface area contributed by atoms with Crippen LogP contribution in [0.3, 0.4) is 0 Å². The van der Waals surface area contributed by atoms with Crippen LogP contribution < -0.4 is 5.11 Å². The summed E-state index contributed by atoms with van der Waals surface area (Å²) in [7, 11) is 0. The zero-order valence-corrected chi connectivity index (χ0v) is 13.5. The second-order valence-corrected chi connectivity index (χ2v) is 7.78. The Bertz CT molecular complexity index is 390. The number of amides is 1. The molecule has 0 aliphatic carbocycles. The number of aliphatic hydroxyl groups is 1. The number of aliphatic hydroxyl groups excluding tert-OH is 1. The maximum absolute atomic E-state index is 12.2. The number of carbonyl (C=O) groups is 1. The van der Waals surface area contributed by atoms with Gasteiger partial charge in [-0.3, -0.25) is 9.79 Å². The zero-order valence-electron chi connectivity index (χ0n) is 12.7. The van der Waals surface area contributed by atoms with E-state index >= 15 is 0 Å². The van der Waals surface area contributed by atoms with Gasteiger partial charge in [-0.2, -0.15) is 0 Å². The first-order chi connectivity index (χ1) is 9.07. The normalized spacial score (nSPS) is 23.0. The lowest BCUT2D eigenvalue weighted by Crippen LogP contribution is -2.49. The van der Waals surface area contributed by atoms with E-state index in [2.05, 4.69) is 4.99 Å². The molecule has 0 bridgehead atoms. The molecule has 1 saturated heterocycles. The summed E-state index contributed by atoms with van der Waals surface area (Å²) in [5.74, 6) is 0.409. The van der Waals surface area contributed by atoms with Crippen molar-refractivity contribution < 1.29 is 19.7 Å². The quantitative estimate of drug-likeness (QED) is 0.594. The average molecular weight is 303 g/mol. The number of nitrogens with zero attached hydrogens (tertiary/aromatic N) is 2. The van der Waals surface area contributed by atoms with Gasteiger partial charge in [0.15, 0.2) is 0 Å². The molecular weight excluding hydrogens is 280 g/mol. The molecular formula is C13H23N2O4S-. The van der Waals surface area contributed by atoms with Crippen LogP contribution in [0.1, 0.15) is 34.6 Å². The molecule has 0 aromatic rings. The van der Waals surface area contributed by atoms with Gasteiger partial charge < -0.3 is 19.8 Å². The van der Waals surface area contributed by atoms with Crippen molar-refractivity contribution in [1.82, 2.24) is 4.90 Å². The third kappa shape index (κ3) is 4.56. The third-order valence-electron chi connectivity index (χ3n) is 2.79. The highest BCUT2D eigenvalue weighted by atomic mass is 32.2. The van der Waals surface area contributed by atoms with Gasteiger partial charge in [-0.05, 0) is 13.8 Å². The Morgan fingerprint density at radius 2 is 2.15 bits per heavy atom. The van der Waals surface area contributed by atoms with Gasteiger partial charge in [-0.15, -0.1) is 11.8 Å². The molecule has 0 radical (unpaired) electrons. The molecule has 1 aliphatic rings. The summed E-state index contributed by atoms with van der Waals surface area (Å²) in [6, 6.07) is -0.226. The van der Waals surface area contributed by atoms with Crippen LogP contribution in [0.5, 0.6) is 0 Å². The van der Waals surface area contributed by atoms with Crippen molar-refractivity contribution in [2.75, 3.05) is 18.9 Å². The summed E-state index contributed by atoms with van der Waals surface area (Å²) < 4.78 is 5.02. The standard InChI is InChI=1S/C13H24N2O4S/c1-12(2,3)19-11(18)14-6-10(17)15-9(7-16)8-20-13(15,4)5/h9,16H,6-8H2,1-5H3,(H,14,18)/p-1/t9-/m1/s1. The first-order valence-corrected chi connectivity index (χ1v) is 7.53. The molecule has 1 N–H and O–H groups in total. The largest absolute Gasteiger partial charge is 0.595 e. The van der Waals surface area contributed by atoms with Crippen molar-refractivity contribution in [3.05, 3.63) is 0 Å². The number of aliphatic imine (C=N–C) groups is 1. The first kappa shape index (κ1) is 17.1. The van der Waals surface area contributed by atoms with Crippen LogP contribution >= 0.6 is 11.8 Å². The van der Waals surface area contributed by atoms with Crippen molar-refractivity contribution in [2.45, 2.75) is 51.1 Å². The minimum Gasteiger partial charge on any atom is -0.595 e. The highest BCUT2D eigenvalue weighted by Gasteiger charge is 2.42. The number of hydrogen-bond acceptors (Lipinski definition) is 6. The summed E-state index contributed by atoms with van der Waals surface area (Å²) in [6.45, 7) is 8.71. The van der Waals surface area contributed by atoms with Crippen molar-refractivity contribution in [2.24, 2.45) is 4.99 Å². The Kier molecular flexibility index (Phi) is 5.32. The summed E-state index contributed by atoms with van der Waals surface area (Å²) in [4.78, 5) is 17.1. The van der Waals surface area contributed by atoms with Crippen LogP contribution in [0.25, 0.3) is 0 Å². The van der Waals surface area contributed by atoms with Crippen LogP contribution in [0.2, 0.25) is 0 Å². The van der Waals surface area contributed by atoms with Crippen molar-refractivity contribution >= 4 is 23.8 Å². The van der Waals surface area contributed by atoms with E-state index in [1.807, 2.05) is 13.8 Å². The van der Waals surface area contributed by atoms with Gasteiger partial charge in [0.1, 0.15) is 12.6 Å². The van der Waals surface area contributed by atoms with E-state index in [4.69, 9.17) is 4.74 Å². The van der Waals surface area contributed by atoms with E-state index in [1.54, 1.807) is 37.4 Å². The monoisotopic (exact) mass is 303 g/mol. The summed E-state index contributed by atoms with van der Waals surface area (Å²) in [5, 5.41) is 20.8. The van der Waals surface area contributed by atoms with E-state index < -0.39 is 16.6 Å². The smallest absolute Gasteiger partial charge is 0.245 e. The average Bonchev–Trinajstić information content (AvgIpc) is 2.59. The van der Waals surface area contributed by atoms with Gasteiger partial charge in [-0.1, -0.05) is 20.8 Å². The Morgan fingerprint density at radius 1 is 1.55 bits per heavy atom. The fraction of sp³-hybridized carbons (Fsp3) is 0.846. The van der Waals surface area contributed by atoms with Gasteiger partial charge in [-0.25, -0.2) is 0 Å². The second-order valence-electron chi connectivity index (χ2n) is 6.15. The lowest BCUT2D eigenvalue weighted by Gasteiger charge is -2.34. The Hall–Kier alpha value is -0.950. The Morgan fingerprint density at radius 3 is 2.65 bits per heavy atom. The summed E-state index contributed by atoms with van der Waals surface area (Å²) in [5.41, 5.74) is -0.625. The predicted molar refractivity (Wildman–Crippen MR) is 77.4 cm³/mol. The van der Waals surface area contributed by atoms with Crippen LogP contribution in [0, 0.1) is 0 Å². The summed E-state index contributed by atoms with van der Waals surface area (Å²) in [6.07, 6.45) is -0.740. The molecule has 0 aromatic heterocycles. The number of ether oxygens (including phenoxy) is 1. The minimum atomic E-state index is -0.740. The molecule has 1 aliphatic heterocycles. The number of carbonyl (C=O) groups excluding carboxylic acids is 1. The van der Waals surface area contributed by atoms with Crippen molar-refractivity contribution in [3.63, 3.8) is 0 Å². The van der Waals surface area contributed by atoms with Gasteiger partial charge in [0, 0.05) is 11.4 Å². The maximum Gasteiger partial charge on any atom is 0.245 e. The van der Waals surface area contributed by atoms with E-state index in [0.29, 0.717) is 5.75 Å². The molecule has 6 nitrogen and oxygen atoms in total. The fourth-order valence-corrected chi connectivity index (χ4v) is 3.27. The highest BCUT2D eigenvalue weighted by Crippen LogP contribution is 2.38. The molecule has 1 amide bonds. The molecule has 20 heavy (non-hydrogen) atoms. The molecule has 1 atom stereocenters. The minimum absolute atomic E-state index is 0.0887. The molecule has 1 fully saturated rings. The van der Waals surface area contributed by atoms with E-state index in [-0.39, 0.29) is 25.1 Å². The topological polar surface area (TPSA) is 85.2 Å². The zero-order chi connectivity index (χ0) is 15.6. The lowest BCUT2D eigenvalue weighted by atomic mass is 10.2. The van der Waals surface area contributed by atoms with Crippen molar-refractivity contribution in [1.29, 1.82) is 0 Å². The van der Waals surface area contributed by atoms with E-state index in [0.717, 1.165) is 0 Å². The number of hydrogen-bond donors (Lipinski definition) is 1. The number of thioether (sulfide) groups is 1. The molecule has 7 heteroatoms. The van der Waals surface area contributed by atoms with Gasteiger partial charge >= 0.3 is 0 Å². The molecule has 0 aromatic carbocycles. The molecule has 1 heterocycles. The van der Waals surface area contributed by atoms with Crippen LogP contribution in [-0.4, -0.2) is 57.4 Å². The van der Waals surface area contributed by atoms with Crippen LogP contribution in [0.4, 0.5) is 0 Å². The van der Waals surface area contributed by atoms with Gasteiger partial charge in [0.05, 0.1) is 17.5 Å². The molecule has 0 spiro atoms. The maximum atomic E-state index is 12.2. The van der Waals surface area contributed by atoms with Gasteiger partial charge in [0.2, 0.25) is 5.91 Å². The molecule has 0 saturated carbocycles. The predicted octanol–water partition coefficient (Wildman–Crippen LogP) is 0.190. The highest BCUT2D eigenvalue weighted by molar-refractivity contribution is 8.00. The summed E-state index contributed by atoms with van der Waals surface area (Å²) >= 11 is 1.60. The fourth-order valence-electron chi connectivity index (χ4n) is 2.02. The van der Waals surface area contributed by atoms with Gasteiger partial charge in [0.25, 0.3) is 0 Å².